The number of hydrogen-bond donors (Lipinski definition) is 2. The second-order valence-corrected chi connectivity index (χ2v) is 6.12. The number of anilines is 1. The van der Waals surface area contributed by atoms with Gasteiger partial charge in [0.2, 0.25) is 5.91 Å². The first-order chi connectivity index (χ1) is 9.33. The van der Waals surface area contributed by atoms with Crippen LogP contribution in [0.2, 0.25) is 0 Å². The van der Waals surface area contributed by atoms with Crippen LogP contribution in [0.4, 0.5) is 5.69 Å². The molecule has 0 bridgehead atoms. The second kappa shape index (κ2) is 8.73. The van der Waals surface area contributed by atoms with Crippen LogP contribution in [0.3, 0.4) is 0 Å². The van der Waals surface area contributed by atoms with Gasteiger partial charge >= 0.3 is 0 Å². The Balaban J connectivity index is 0.00000110. The molecular formula is C14H21Cl2N3OS. The zero-order valence-electron chi connectivity index (χ0n) is 11.7. The average molecular weight is 350 g/mol. The van der Waals surface area contributed by atoms with Gasteiger partial charge in [-0.25, -0.2) is 0 Å². The molecule has 2 heterocycles. The lowest BCUT2D eigenvalue weighted by Gasteiger charge is -2.19. The molecule has 1 aromatic rings. The van der Waals surface area contributed by atoms with Gasteiger partial charge in [-0.15, -0.1) is 36.6 Å². The molecule has 21 heavy (non-hydrogen) atoms. The highest BCUT2D eigenvalue weighted by Crippen LogP contribution is 2.19. The van der Waals surface area contributed by atoms with Crippen LogP contribution < -0.4 is 10.6 Å². The highest BCUT2D eigenvalue weighted by atomic mass is 35.5. The molecule has 0 radical (unpaired) electrons. The number of amides is 1. The number of halogens is 2. The summed E-state index contributed by atoms with van der Waals surface area (Å²) in [4.78, 5) is 14.2. The molecule has 0 saturated carbocycles. The van der Waals surface area contributed by atoms with E-state index in [2.05, 4.69) is 22.8 Å². The average Bonchev–Trinajstić information content (AvgIpc) is 3.10. The number of nitrogens with zero attached hydrogens (tertiary/aromatic N) is 1. The van der Waals surface area contributed by atoms with E-state index >= 15 is 0 Å². The lowest BCUT2D eigenvalue weighted by Crippen LogP contribution is -2.42. The molecule has 2 atom stereocenters. The molecule has 3 rings (SSSR count). The molecule has 4 nitrogen and oxygen atoms in total. The van der Waals surface area contributed by atoms with E-state index in [1.807, 2.05) is 34.9 Å². The van der Waals surface area contributed by atoms with Crippen molar-refractivity contribution >= 4 is 48.2 Å². The summed E-state index contributed by atoms with van der Waals surface area (Å²) in [7, 11) is 0. The van der Waals surface area contributed by atoms with E-state index in [4.69, 9.17) is 0 Å². The van der Waals surface area contributed by atoms with Crippen LogP contribution in [0.15, 0.2) is 30.3 Å². The molecule has 2 aliphatic heterocycles. The fraction of sp³-hybridized carbons (Fsp3) is 0.500. The summed E-state index contributed by atoms with van der Waals surface area (Å²) in [5, 5.41) is 6.82. The molecule has 118 valence electrons. The molecule has 0 unspecified atom stereocenters. The fourth-order valence-electron chi connectivity index (χ4n) is 2.61. The van der Waals surface area contributed by atoms with E-state index in [9.17, 15) is 4.79 Å². The van der Waals surface area contributed by atoms with Crippen LogP contribution in [-0.4, -0.2) is 47.6 Å². The summed E-state index contributed by atoms with van der Waals surface area (Å²) >= 11 is 1.83. The van der Waals surface area contributed by atoms with Gasteiger partial charge in [0.1, 0.15) is 0 Å². The van der Waals surface area contributed by atoms with Crippen molar-refractivity contribution in [1.82, 2.24) is 10.2 Å². The van der Waals surface area contributed by atoms with Crippen molar-refractivity contribution in [2.75, 3.05) is 30.0 Å². The number of nitrogens with one attached hydrogen (secondary N) is 2. The Bertz CT molecular complexity index is 443. The monoisotopic (exact) mass is 349 g/mol. The number of benzene rings is 1. The standard InChI is InChI=1S/C14H19N3OS.2ClH/c18-14(17-6-7-19-10-17)13-8-12(9-15-13)16-11-4-2-1-3-5-11;;/h1-5,12-13,15-16H,6-10H2;2*1H/t12-,13-;;/m0../s1. The number of thioether (sulfide) groups is 1. The SMILES string of the molecule is Cl.Cl.O=C([C@@H]1C[C@H](Nc2ccccc2)CN1)N1CCSC1. The molecular weight excluding hydrogens is 329 g/mol. The molecule has 0 spiro atoms. The molecule has 2 aliphatic rings. The van der Waals surface area contributed by atoms with Crippen LogP contribution >= 0.6 is 36.6 Å². The third-order valence-electron chi connectivity index (χ3n) is 3.64. The summed E-state index contributed by atoms with van der Waals surface area (Å²) in [6, 6.07) is 10.5. The van der Waals surface area contributed by atoms with Gasteiger partial charge in [0.15, 0.2) is 0 Å². The lowest BCUT2D eigenvalue weighted by atomic mass is 10.1. The van der Waals surface area contributed by atoms with Gasteiger partial charge in [-0.2, -0.15) is 0 Å². The number of rotatable bonds is 3. The van der Waals surface area contributed by atoms with Crippen LogP contribution in [-0.2, 0) is 4.79 Å². The predicted octanol–water partition coefficient (Wildman–Crippen LogP) is 2.21. The van der Waals surface area contributed by atoms with Crippen molar-refractivity contribution in [3.63, 3.8) is 0 Å². The summed E-state index contributed by atoms with van der Waals surface area (Å²) in [5.41, 5.74) is 1.12. The first kappa shape index (κ1) is 18.4. The Morgan fingerprint density at radius 3 is 2.71 bits per heavy atom. The largest absolute Gasteiger partial charge is 0.381 e. The second-order valence-electron chi connectivity index (χ2n) is 5.04. The Kier molecular flexibility index (Phi) is 7.66. The molecule has 7 heteroatoms. The molecule has 1 aromatic carbocycles. The Morgan fingerprint density at radius 2 is 2.05 bits per heavy atom. The molecule has 2 fully saturated rings. The van der Waals surface area contributed by atoms with Crippen LogP contribution in [0.5, 0.6) is 0 Å². The van der Waals surface area contributed by atoms with Crippen molar-refractivity contribution < 1.29 is 4.79 Å². The topological polar surface area (TPSA) is 44.4 Å². The minimum atomic E-state index is -0.0140. The zero-order chi connectivity index (χ0) is 13.1. The third kappa shape index (κ3) is 4.68. The van der Waals surface area contributed by atoms with E-state index in [0.717, 1.165) is 36.8 Å². The van der Waals surface area contributed by atoms with E-state index in [1.165, 1.54) is 0 Å². The Hall–Kier alpha value is -0.620. The van der Waals surface area contributed by atoms with Gasteiger partial charge in [0.05, 0.1) is 11.9 Å². The molecule has 0 aromatic heterocycles. The van der Waals surface area contributed by atoms with E-state index < -0.39 is 0 Å². The van der Waals surface area contributed by atoms with E-state index in [0.29, 0.717) is 6.04 Å². The molecule has 0 aliphatic carbocycles. The third-order valence-corrected chi connectivity index (χ3v) is 4.60. The van der Waals surface area contributed by atoms with Crippen molar-refractivity contribution in [3.05, 3.63) is 30.3 Å². The van der Waals surface area contributed by atoms with Crippen molar-refractivity contribution in [2.24, 2.45) is 0 Å². The maximum Gasteiger partial charge on any atom is 0.240 e. The predicted molar refractivity (Wildman–Crippen MR) is 93.8 cm³/mol. The maximum absolute atomic E-state index is 12.3. The number of para-hydroxylation sites is 1. The van der Waals surface area contributed by atoms with E-state index in [-0.39, 0.29) is 36.8 Å². The molecule has 1 amide bonds. The normalized spacial score (nSPS) is 24.1. The van der Waals surface area contributed by atoms with Crippen LogP contribution in [0.25, 0.3) is 0 Å². The quantitative estimate of drug-likeness (QED) is 0.877. The summed E-state index contributed by atoms with van der Waals surface area (Å²) in [6.45, 7) is 1.75. The van der Waals surface area contributed by atoms with Crippen molar-refractivity contribution in [3.8, 4) is 0 Å². The highest BCUT2D eigenvalue weighted by molar-refractivity contribution is 7.99. The molecule has 2 N–H and O–H groups in total. The Labute approximate surface area is 142 Å². The minimum Gasteiger partial charge on any atom is -0.381 e. The van der Waals surface area contributed by atoms with Crippen LogP contribution in [0.1, 0.15) is 6.42 Å². The summed E-state index contributed by atoms with van der Waals surface area (Å²) in [5.74, 6) is 2.19. The fourth-order valence-corrected chi connectivity index (χ4v) is 3.57. The van der Waals surface area contributed by atoms with Gasteiger partial charge in [0.25, 0.3) is 0 Å². The number of hydrogen-bond acceptors (Lipinski definition) is 4. The smallest absolute Gasteiger partial charge is 0.240 e. The zero-order valence-corrected chi connectivity index (χ0v) is 14.1. The first-order valence-corrected chi connectivity index (χ1v) is 7.90. The van der Waals surface area contributed by atoms with Crippen LogP contribution in [0, 0.1) is 0 Å². The Morgan fingerprint density at radius 1 is 1.29 bits per heavy atom. The van der Waals surface area contributed by atoms with Gasteiger partial charge < -0.3 is 15.5 Å². The number of carbonyl (C=O) groups is 1. The number of carbonyl (C=O) groups excluding carboxylic acids is 1. The summed E-state index contributed by atoms with van der Waals surface area (Å²) < 4.78 is 0. The lowest BCUT2D eigenvalue weighted by molar-refractivity contribution is -0.131. The van der Waals surface area contributed by atoms with E-state index in [1.54, 1.807) is 0 Å². The van der Waals surface area contributed by atoms with Gasteiger partial charge in [-0.3, -0.25) is 4.79 Å². The highest BCUT2D eigenvalue weighted by Gasteiger charge is 2.33. The maximum atomic E-state index is 12.3. The minimum absolute atomic E-state index is 0. The molecule has 2 saturated heterocycles. The van der Waals surface area contributed by atoms with Gasteiger partial charge in [-0.1, -0.05) is 18.2 Å². The van der Waals surface area contributed by atoms with Gasteiger partial charge in [-0.05, 0) is 18.6 Å². The van der Waals surface area contributed by atoms with Gasteiger partial charge in [0, 0.05) is 30.6 Å². The van der Waals surface area contributed by atoms with Crippen molar-refractivity contribution in [2.45, 2.75) is 18.5 Å². The summed E-state index contributed by atoms with van der Waals surface area (Å²) in [6.07, 6.45) is 0.870. The van der Waals surface area contributed by atoms with Crippen molar-refractivity contribution in [1.29, 1.82) is 0 Å². The first-order valence-electron chi connectivity index (χ1n) is 6.74.